The molecule has 0 saturated carbocycles. The summed E-state index contributed by atoms with van der Waals surface area (Å²) in [5.74, 6) is -0.882. The second-order valence-corrected chi connectivity index (χ2v) is 7.28. The van der Waals surface area contributed by atoms with E-state index in [0.717, 1.165) is 32.4 Å². The van der Waals surface area contributed by atoms with Crippen molar-refractivity contribution in [3.63, 3.8) is 0 Å². The van der Waals surface area contributed by atoms with Crippen molar-refractivity contribution >= 4 is 21.6 Å². The average Bonchev–Trinajstić information content (AvgIpc) is 2.69. The van der Waals surface area contributed by atoms with Crippen molar-refractivity contribution < 1.29 is 12.8 Å². The van der Waals surface area contributed by atoms with Crippen LogP contribution in [0, 0.1) is 5.82 Å². The van der Waals surface area contributed by atoms with Crippen molar-refractivity contribution in [3.05, 3.63) is 29.0 Å². The van der Waals surface area contributed by atoms with Crippen molar-refractivity contribution in [2.45, 2.75) is 30.2 Å². The summed E-state index contributed by atoms with van der Waals surface area (Å²) < 4.78 is 40.3. The Labute approximate surface area is 124 Å². The van der Waals surface area contributed by atoms with Crippen LogP contribution in [0.15, 0.2) is 23.1 Å². The Balaban J connectivity index is 2.31. The average molecular weight is 321 g/mol. The molecule has 1 N–H and O–H groups in total. The molecule has 0 spiro atoms. The van der Waals surface area contributed by atoms with Crippen molar-refractivity contribution in [1.29, 1.82) is 0 Å². The maximum Gasteiger partial charge on any atom is 0.246 e. The molecule has 0 radical (unpaired) electrons. The number of halogens is 2. The van der Waals surface area contributed by atoms with Gasteiger partial charge in [0, 0.05) is 13.1 Å². The molecule has 7 heteroatoms. The van der Waals surface area contributed by atoms with Crippen molar-refractivity contribution in [1.82, 2.24) is 9.62 Å². The van der Waals surface area contributed by atoms with Gasteiger partial charge in [-0.25, -0.2) is 12.8 Å². The van der Waals surface area contributed by atoms with Crippen molar-refractivity contribution in [2.24, 2.45) is 0 Å². The summed E-state index contributed by atoms with van der Waals surface area (Å²) in [5.41, 5.74) is 0. The number of rotatable bonds is 3. The molecule has 0 aromatic heterocycles. The smallest absolute Gasteiger partial charge is 0.246 e. The molecular formula is C13H18ClFN2O2S. The topological polar surface area (TPSA) is 49.4 Å². The molecule has 112 valence electrons. The Kier molecular flexibility index (Phi) is 5.01. The first kappa shape index (κ1) is 15.7. The number of nitrogens with one attached hydrogen (secondary N) is 1. The molecule has 1 unspecified atom stereocenters. The minimum Gasteiger partial charge on any atom is -0.317 e. The molecule has 0 amide bonds. The Morgan fingerprint density at radius 1 is 1.35 bits per heavy atom. The van der Waals surface area contributed by atoms with E-state index in [-0.39, 0.29) is 16.0 Å². The van der Waals surface area contributed by atoms with Gasteiger partial charge in [0.1, 0.15) is 4.90 Å². The molecule has 2 rings (SSSR count). The van der Waals surface area contributed by atoms with Gasteiger partial charge in [0.2, 0.25) is 10.0 Å². The summed E-state index contributed by atoms with van der Waals surface area (Å²) in [6.07, 6.45) is 2.39. The molecular weight excluding hydrogens is 303 g/mol. The highest BCUT2D eigenvalue weighted by Gasteiger charge is 2.31. The van der Waals surface area contributed by atoms with Crippen LogP contribution in [-0.2, 0) is 10.0 Å². The van der Waals surface area contributed by atoms with E-state index in [4.69, 9.17) is 11.6 Å². The molecule has 4 nitrogen and oxygen atoms in total. The molecule has 1 aliphatic heterocycles. The molecule has 1 atom stereocenters. The molecule has 1 heterocycles. The Morgan fingerprint density at radius 2 is 2.10 bits per heavy atom. The van der Waals surface area contributed by atoms with E-state index in [2.05, 4.69) is 5.32 Å². The van der Waals surface area contributed by atoms with E-state index in [1.54, 1.807) is 0 Å². The second-order valence-electron chi connectivity index (χ2n) is 4.91. The van der Waals surface area contributed by atoms with Gasteiger partial charge in [0.15, 0.2) is 5.82 Å². The summed E-state index contributed by atoms with van der Waals surface area (Å²) in [7, 11) is -2.36. The predicted octanol–water partition coefficient (Wildman–Crippen LogP) is 2.24. The molecule has 1 aromatic carbocycles. The molecule has 1 aromatic rings. The van der Waals surface area contributed by atoms with Gasteiger partial charge >= 0.3 is 0 Å². The fourth-order valence-corrected chi connectivity index (χ4v) is 4.13. The van der Waals surface area contributed by atoms with E-state index in [1.807, 2.05) is 0 Å². The van der Waals surface area contributed by atoms with Crippen LogP contribution in [0.5, 0.6) is 0 Å². The van der Waals surface area contributed by atoms with E-state index in [0.29, 0.717) is 0 Å². The van der Waals surface area contributed by atoms with E-state index in [1.165, 1.54) is 29.6 Å². The molecule has 1 saturated heterocycles. The quantitative estimate of drug-likeness (QED) is 0.929. The normalized spacial score (nSPS) is 20.9. The predicted molar refractivity (Wildman–Crippen MR) is 76.9 cm³/mol. The standard InChI is InChI=1S/C13H18ClFN2O2S/c1-17(10-4-3-8-16-9-7-10)20(18,19)12-6-2-5-11(14)13(12)15/h2,5-6,10,16H,3-4,7-9H2,1H3. The van der Waals surface area contributed by atoms with E-state index < -0.39 is 15.8 Å². The Morgan fingerprint density at radius 3 is 2.85 bits per heavy atom. The van der Waals surface area contributed by atoms with Crippen LogP contribution < -0.4 is 5.32 Å². The summed E-state index contributed by atoms with van der Waals surface area (Å²) in [5, 5.41) is 3.05. The lowest BCUT2D eigenvalue weighted by atomic mass is 10.1. The highest BCUT2D eigenvalue weighted by molar-refractivity contribution is 7.89. The zero-order valence-corrected chi connectivity index (χ0v) is 12.8. The van der Waals surface area contributed by atoms with Gasteiger partial charge in [-0.05, 0) is 44.5 Å². The lowest BCUT2D eigenvalue weighted by molar-refractivity contribution is 0.340. The van der Waals surface area contributed by atoms with Gasteiger partial charge in [-0.3, -0.25) is 0 Å². The highest BCUT2D eigenvalue weighted by atomic mass is 35.5. The maximum atomic E-state index is 14.0. The Hall–Kier alpha value is -0.690. The number of hydrogen-bond acceptors (Lipinski definition) is 3. The number of sulfonamides is 1. The van der Waals surface area contributed by atoms with Crippen molar-refractivity contribution in [3.8, 4) is 0 Å². The van der Waals surface area contributed by atoms with Crippen LogP contribution in [0.25, 0.3) is 0 Å². The minimum atomic E-state index is -3.86. The van der Waals surface area contributed by atoms with Crippen LogP contribution in [-0.4, -0.2) is 38.9 Å². The SMILES string of the molecule is CN(C1CCCNCC1)S(=O)(=O)c1cccc(Cl)c1F. The molecule has 20 heavy (non-hydrogen) atoms. The third-order valence-corrected chi connectivity index (χ3v) is 5.85. The zero-order valence-electron chi connectivity index (χ0n) is 11.3. The van der Waals surface area contributed by atoms with Crippen molar-refractivity contribution in [2.75, 3.05) is 20.1 Å². The fraction of sp³-hybridized carbons (Fsp3) is 0.538. The van der Waals surface area contributed by atoms with E-state index >= 15 is 0 Å². The summed E-state index contributed by atoms with van der Waals surface area (Å²) in [4.78, 5) is -0.357. The molecule has 1 fully saturated rings. The monoisotopic (exact) mass is 320 g/mol. The van der Waals surface area contributed by atoms with Crippen LogP contribution in [0.4, 0.5) is 4.39 Å². The van der Waals surface area contributed by atoms with Crippen LogP contribution in [0.3, 0.4) is 0 Å². The number of hydrogen-bond donors (Lipinski definition) is 1. The fourth-order valence-electron chi connectivity index (χ4n) is 2.40. The number of nitrogens with zero attached hydrogens (tertiary/aromatic N) is 1. The lowest BCUT2D eigenvalue weighted by Crippen LogP contribution is -2.38. The van der Waals surface area contributed by atoms with Gasteiger partial charge in [-0.2, -0.15) is 4.31 Å². The van der Waals surface area contributed by atoms with Gasteiger partial charge < -0.3 is 5.32 Å². The largest absolute Gasteiger partial charge is 0.317 e. The second kappa shape index (κ2) is 6.39. The van der Waals surface area contributed by atoms with Gasteiger partial charge in [-0.15, -0.1) is 0 Å². The van der Waals surface area contributed by atoms with Gasteiger partial charge in [-0.1, -0.05) is 17.7 Å². The molecule has 0 bridgehead atoms. The first-order valence-corrected chi connectivity index (χ1v) is 8.39. The van der Waals surface area contributed by atoms with Crippen LogP contribution in [0.2, 0.25) is 5.02 Å². The van der Waals surface area contributed by atoms with Crippen LogP contribution in [0.1, 0.15) is 19.3 Å². The first-order valence-electron chi connectivity index (χ1n) is 6.57. The van der Waals surface area contributed by atoms with Crippen LogP contribution >= 0.6 is 11.6 Å². The molecule has 1 aliphatic rings. The summed E-state index contributed by atoms with van der Waals surface area (Å²) in [6, 6.07) is 3.92. The third kappa shape index (κ3) is 3.14. The lowest BCUT2D eigenvalue weighted by Gasteiger charge is -2.26. The third-order valence-electron chi connectivity index (χ3n) is 3.63. The highest BCUT2D eigenvalue weighted by Crippen LogP contribution is 2.26. The minimum absolute atomic E-state index is 0.117. The summed E-state index contributed by atoms with van der Waals surface area (Å²) in [6.45, 7) is 1.65. The van der Waals surface area contributed by atoms with Gasteiger partial charge in [0.05, 0.1) is 5.02 Å². The maximum absolute atomic E-state index is 14.0. The summed E-state index contributed by atoms with van der Waals surface area (Å²) >= 11 is 5.67. The first-order chi connectivity index (χ1) is 9.44. The molecule has 0 aliphatic carbocycles. The Bertz CT molecular complexity index is 572. The number of benzene rings is 1. The van der Waals surface area contributed by atoms with Gasteiger partial charge in [0.25, 0.3) is 0 Å². The zero-order chi connectivity index (χ0) is 14.8. The van der Waals surface area contributed by atoms with E-state index in [9.17, 15) is 12.8 Å².